The van der Waals surface area contributed by atoms with Gasteiger partial charge < -0.3 is 21.1 Å². The summed E-state index contributed by atoms with van der Waals surface area (Å²) in [6, 6.07) is 15.3. The Labute approximate surface area is 174 Å². The number of nitrogens with two attached hydrogens (primary N) is 1. The predicted octanol–water partition coefficient (Wildman–Crippen LogP) is 3.05. The fourth-order valence-corrected chi connectivity index (χ4v) is 3.16. The Kier molecular flexibility index (Phi) is 9.51. The number of ether oxygens (including phenoxy) is 1. The first-order valence-corrected chi connectivity index (χ1v) is 10.3. The molecule has 0 aliphatic rings. The number of carbonyl (C=O) groups is 1. The number of nitrogens with one attached hydrogen (secondary N) is 2. The SMILES string of the molecule is CCNC(=NCc1cccc(OCC(N)=O)c1)NCCSc1ccc(Cl)cc1. The molecule has 0 saturated carbocycles. The number of halogens is 1. The quantitative estimate of drug-likeness (QED) is 0.238. The van der Waals surface area contributed by atoms with E-state index in [2.05, 4.69) is 15.6 Å². The molecule has 0 aliphatic carbocycles. The van der Waals surface area contributed by atoms with Gasteiger partial charge in [0.25, 0.3) is 5.91 Å². The number of carbonyl (C=O) groups excluding carboxylic acids is 1. The summed E-state index contributed by atoms with van der Waals surface area (Å²) in [7, 11) is 0. The number of rotatable bonds is 10. The average Bonchev–Trinajstić information content (AvgIpc) is 2.69. The first-order chi connectivity index (χ1) is 13.6. The van der Waals surface area contributed by atoms with Gasteiger partial charge >= 0.3 is 0 Å². The Morgan fingerprint density at radius 2 is 2.00 bits per heavy atom. The van der Waals surface area contributed by atoms with Crippen molar-refractivity contribution in [3.05, 3.63) is 59.1 Å². The molecule has 6 nitrogen and oxygen atoms in total. The fraction of sp³-hybridized carbons (Fsp3) is 0.300. The van der Waals surface area contributed by atoms with Crippen molar-refractivity contribution in [2.75, 3.05) is 25.4 Å². The summed E-state index contributed by atoms with van der Waals surface area (Å²) in [5, 5.41) is 7.30. The molecule has 0 aromatic heterocycles. The van der Waals surface area contributed by atoms with E-state index in [4.69, 9.17) is 22.1 Å². The Bertz CT molecular complexity index is 784. The van der Waals surface area contributed by atoms with Crippen LogP contribution in [0.1, 0.15) is 12.5 Å². The van der Waals surface area contributed by atoms with Gasteiger partial charge in [-0.2, -0.15) is 0 Å². The lowest BCUT2D eigenvalue weighted by atomic mass is 10.2. The van der Waals surface area contributed by atoms with Gasteiger partial charge in [0.05, 0.1) is 6.54 Å². The van der Waals surface area contributed by atoms with Crippen molar-refractivity contribution >= 4 is 35.2 Å². The standard InChI is InChI=1S/C20H25ClN4O2S/c1-2-23-20(24-10-11-28-18-8-6-16(21)7-9-18)25-13-15-4-3-5-17(12-15)27-14-19(22)26/h3-9,12H,2,10-11,13-14H2,1H3,(H2,22,26)(H2,23,24,25). The number of benzene rings is 2. The maximum atomic E-state index is 10.8. The van der Waals surface area contributed by atoms with Crippen molar-refractivity contribution in [1.29, 1.82) is 0 Å². The third-order valence-corrected chi connectivity index (χ3v) is 4.79. The van der Waals surface area contributed by atoms with Crippen molar-refractivity contribution in [3.8, 4) is 5.75 Å². The Hall–Kier alpha value is -2.38. The van der Waals surface area contributed by atoms with Crippen molar-refractivity contribution < 1.29 is 9.53 Å². The van der Waals surface area contributed by atoms with Gasteiger partial charge in [0.1, 0.15) is 5.75 Å². The molecule has 150 valence electrons. The summed E-state index contributed by atoms with van der Waals surface area (Å²) < 4.78 is 5.33. The summed E-state index contributed by atoms with van der Waals surface area (Å²) in [5.74, 6) is 1.76. The first-order valence-electron chi connectivity index (χ1n) is 8.97. The minimum atomic E-state index is -0.501. The maximum Gasteiger partial charge on any atom is 0.255 e. The molecule has 28 heavy (non-hydrogen) atoms. The van der Waals surface area contributed by atoms with Gasteiger partial charge in [0, 0.05) is 28.8 Å². The monoisotopic (exact) mass is 420 g/mol. The van der Waals surface area contributed by atoms with Gasteiger partial charge in [-0.05, 0) is 48.9 Å². The number of thioether (sulfide) groups is 1. The van der Waals surface area contributed by atoms with Crippen molar-refractivity contribution in [1.82, 2.24) is 10.6 Å². The highest BCUT2D eigenvalue weighted by molar-refractivity contribution is 7.99. The predicted molar refractivity (Wildman–Crippen MR) is 116 cm³/mol. The second kappa shape index (κ2) is 12.2. The van der Waals surface area contributed by atoms with Crippen LogP contribution in [0.25, 0.3) is 0 Å². The lowest BCUT2D eigenvalue weighted by Gasteiger charge is -2.11. The summed E-state index contributed by atoms with van der Waals surface area (Å²) >= 11 is 7.66. The molecule has 0 unspecified atom stereocenters. The molecule has 2 rings (SSSR count). The van der Waals surface area contributed by atoms with Crippen LogP contribution >= 0.6 is 23.4 Å². The molecule has 8 heteroatoms. The Morgan fingerprint density at radius 1 is 1.21 bits per heavy atom. The minimum Gasteiger partial charge on any atom is -0.484 e. The second-order valence-corrected chi connectivity index (χ2v) is 7.43. The maximum absolute atomic E-state index is 10.8. The van der Waals surface area contributed by atoms with E-state index in [1.807, 2.05) is 49.4 Å². The zero-order valence-corrected chi connectivity index (χ0v) is 17.4. The van der Waals surface area contributed by atoms with Crippen LogP contribution in [0.3, 0.4) is 0 Å². The number of primary amides is 1. The van der Waals surface area contributed by atoms with Gasteiger partial charge in [0.15, 0.2) is 12.6 Å². The largest absolute Gasteiger partial charge is 0.484 e. The van der Waals surface area contributed by atoms with Gasteiger partial charge in [0.2, 0.25) is 0 Å². The summed E-state index contributed by atoms with van der Waals surface area (Å²) in [5.41, 5.74) is 6.08. The number of guanidine groups is 1. The molecule has 0 spiro atoms. The molecule has 0 saturated heterocycles. The van der Waals surface area contributed by atoms with E-state index in [-0.39, 0.29) is 6.61 Å². The van der Waals surface area contributed by atoms with Crippen LogP contribution in [0, 0.1) is 0 Å². The number of hydrogen-bond acceptors (Lipinski definition) is 4. The van der Waals surface area contributed by atoms with Crippen molar-refractivity contribution in [2.24, 2.45) is 10.7 Å². The van der Waals surface area contributed by atoms with E-state index in [0.717, 1.165) is 35.4 Å². The lowest BCUT2D eigenvalue weighted by Crippen LogP contribution is -2.38. The van der Waals surface area contributed by atoms with Crippen LogP contribution < -0.4 is 21.1 Å². The third-order valence-electron chi connectivity index (χ3n) is 3.52. The van der Waals surface area contributed by atoms with E-state index in [1.165, 1.54) is 4.90 Å². The molecular weight excluding hydrogens is 396 g/mol. The van der Waals surface area contributed by atoms with E-state index in [0.29, 0.717) is 12.3 Å². The number of nitrogens with zero attached hydrogens (tertiary/aromatic N) is 1. The van der Waals surface area contributed by atoms with Crippen LogP contribution in [0.15, 0.2) is 58.4 Å². The Morgan fingerprint density at radius 3 is 2.71 bits per heavy atom. The van der Waals surface area contributed by atoms with Crippen LogP contribution in [0.5, 0.6) is 5.75 Å². The molecule has 0 radical (unpaired) electrons. The second-order valence-electron chi connectivity index (χ2n) is 5.83. The van der Waals surface area contributed by atoms with E-state index < -0.39 is 5.91 Å². The molecule has 0 aliphatic heterocycles. The normalized spacial score (nSPS) is 11.1. The van der Waals surface area contributed by atoms with E-state index in [1.54, 1.807) is 17.8 Å². The molecule has 4 N–H and O–H groups in total. The van der Waals surface area contributed by atoms with Gasteiger partial charge in [-0.15, -0.1) is 11.8 Å². The highest BCUT2D eigenvalue weighted by atomic mass is 35.5. The molecule has 0 bridgehead atoms. The highest BCUT2D eigenvalue weighted by Crippen LogP contribution is 2.19. The Balaban J connectivity index is 1.83. The molecular formula is C20H25ClN4O2S. The number of aliphatic imine (C=N–C) groups is 1. The molecule has 0 heterocycles. The lowest BCUT2D eigenvalue weighted by molar-refractivity contribution is -0.119. The molecule has 2 aromatic carbocycles. The van der Waals surface area contributed by atoms with E-state index >= 15 is 0 Å². The minimum absolute atomic E-state index is 0.137. The van der Waals surface area contributed by atoms with E-state index in [9.17, 15) is 4.79 Å². The van der Waals surface area contributed by atoms with Gasteiger partial charge in [-0.25, -0.2) is 4.99 Å². The van der Waals surface area contributed by atoms with Crippen molar-refractivity contribution in [2.45, 2.75) is 18.4 Å². The first kappa shape index (κ1) is 21.9. The van der Waals surface area contributed by atoms with Gasteiger partial charge in [-0.1, -0.05) is 23.7 Å². The zero-order valence-electron chi connectivity index (χ0n) is 15.8. The summed E-state index contributed by atoms with van der Waals surface area (Å²) in [6.45, 7) is 3.94. The smallest absolute Gasteiger partial charge is 0.255 e. The zero-order chi connectivity index (χ0) is 20.2. The number of hydrogen-bond donors (Lipinski definition) is 3. The molecule has 0 fully saturated rings. The molecule has 1 amide bonds. The summed E-state index contributed by atoms with van der Waals surface area (Å²) in [4.78, 5) is 16.6. The van der Waals surface area contributed by atoms with Crippen LogP contribution in [0.2, 0.25) is 5.02 Å². The van der Waals surface area contributed by atoms with Crippen LogP contribution in [-0.4, -0.2) is 37.3 Å². The third kappa shape index (κ3) is 8.54. The fourth-order valence-electron chi connectivity index (χ4n) is 2.27. The summed E-state index contributed by atoms with van der Waals surface area (Å²) in [6.07, 6.45) is 0. The van der Waals surface area contributed by atoms with Crippen molar-refractivity contribution in [3.63, 3.8) is 0 Å². The molecule has 2 aromatic rings. The molecule has 0 atom stereocenters. The number of amides is 1. The topological polar surface area (TPSA) is 88.7 Å². The van der Waals surface area contributed by atoms with Crippen LogP contribution in [-0.2, 0) is 11.3 Å². The van der Waals surface area contributed by atoms with Crippen LogP contribution in [0.4, 0.5) is 0 Å². The van der Waals surface area contributed by atoms with Gasteiger partial charge in [-0.3, -0.25) is 4.79 Å². The highest BCUT2D eigenvalue weighted by Gasteiger charge is 2.01. The average molecular weight is 421 g/mol.